The Hall–Kier alpha value is -1.56. The molecule has 152 valence electrons. The summed E-state index contributed by atoms with van der Waals surface area (Å²) in [5, 5.41) is 0. The molecule has 2 aromatic rings. The van der Waals surface area contributed by atoms with E-state index < -0.39 is 0 Å². The third kappa shape index (κ3) is 4.88. The van der Waals surface area contributed by atoms with E-state index in [1.54, 1.807) is 33.4 Å². The zero-order valence-corrected chi connectivity index (χ0v) is 18.6. The van der Waals surface area contributed by atoms with E-state index in [9.17, 15) is 0 Å². The third-order valence-electron chi connectivity index (χ3n) is 6.54. The van der Waals surface area contributed by atoms with Crippen molar-refractivity contribution in [3.8, 4) is 11.1 Å². The summed E-state index contributed by atoms with van der Waals surface area (Å²) >= 11 is 0. The summed E-state index contributed by atoms with van der Waals surface area (Å²) in [5.41, 5.74) is 11.4. The topological polar surface area (TPSA) is 0 Å². The predicted molar refractivity (Wildman–Crippen MR) is 124 cm³/mol. The maximum atomic E-state index is 2.60. The first-order valence-electron chi connectivity index (χ1n) is 12.0. The Morgan fingerprint density at radius 3 is 1.93 bits per heavy atom. The van der Waals surface area contributed by atoms with Crippen molar-refractivity contribution in [3.63, 3.8) is 0 Å². The lowest BCUT2D eigenvalue weighted by molar-refractivity contribution is 0.676. The molecule has 0 radical (unpaired) electrons. The number of unbranched alkanes of at least 4 members (excludes halogenated alkanes) is 6. The van der Waals surface area contributed by atoms with E-state index in [0.29, 0.717) is 0 Å². The fraction of sp³-hybridized carbons (Fsp3) is 0.571. The minimum atomic E-state index is 1.16. The zero-order valence-electron chi connectivity index (χ0n) is 18.6. The molecule has 2 aromatic carbocycles. The van der Waals surface area contributed by atoms with Crippen LogP contribution in [0, 0.1) is 0 Å². The van der Waals surface area contributed by atoms with Gasteiger partial charge in [-0.25, -0.2) is 0 Å². The van der Waals surface area contributed by atoms with Gasteiger partial charge in [-0.15, -0.1) is 0 Å². The second-order valence-electron chi connectivity index (χ2n) is 8.72. The summed E-state index contributed by atoms with van der Waals surface area (Å²) < 4.78 is 0. The van der Waals surface area contributed by atoms with Crippen LogP contribution >= 0.6 is 0 Å². The van der Waals surface area contributed by atoms with Gasteiger partial charge >= 0.3 is 0 Å². The molecule has 28 heavy (non-hydrogen) atoms. The van der Waals surface area contributed by atoms with Gasteiger partial charge in [-0.2, -0.15) is 0 Å². The van der Waals surface area contributed by atoms with Crippen LogP contribution in [0.3, 0.4) is 0 Å². The first-order chi connectivity index (χ1) is 13.8. The molecule has 3 rings (SSSR count). The Balaban J connectivity index is 2.02. The number of hydrogen-bond acceptors (Lipinski definition) is 0. The first-order valence-corrected chi connectivity index (χ1v) is 12.0. The lowest BCUT2D eigenvalue weighted by atomic mass is 9.85. The highest BCUT2D eigenvalue weighted by atomic mass is 14.3. The smallest absolute Gasteiger partial charge is 0.00106 e. The molecular formula is C28H40. The maximum Gasteiger partial charge on any atom is -0.00106 e. The lowest BCUT2D eigenvalue weighted by Crippen LogP contribution is -2.06. The van der Waals surface area contributed by atoms with Crippen molar-refractivity contribution in [2.75, 3.05) is 0 Å². The van der Waals surface area contributed by atoms with Crippen LogP contribution in [-0.2, 0) is 25.7 Å². The van der Waals surface area contributed by atoms with Crippen molar-refractivity contribution >= 4 is 0 Å². The minimum Gasteiger partial charge on any atom is -0.0654 e. The minimum absolute atomic E-state index is 1.16. The number of aryl methyl sites for hydroxylation is 1. The van der Waals surface area contributed by atoms with Crippen LogP contribution in [0.2, 0.25) is 0 Å². The lowest BCUT2D eigenvalue weighted by Gasteiger charge is -2.20. The van der Waals surface area contributed by atoms with Gasteiger partial charge in [0.25, 0.3) is 0 Å². The van der Waals surface area contributed by atoms with Gasteiger partial charge < -0.3 is 0 Å². The number of hydrogen-bond donors (Lipinski definition) is 0. The maximum absolute atomic E-state index is 2.60. The predicted octanol–water partition coefficient (Wildman–Crippen LogP) is 8.46. The van der Waals surface area contributed by atoms with Gasteiger partial charge in [0, 0.05) is 0 Å². The van der Waals surface area contributed by atoms with E-state index in [2.05, 4.69) is 51.1 Å². The molecule has 0 aliphatic heterocycles. The van der Waals surface area contributed by atoms with Crippen LogP contribution in [0.4, 0.5) is 0 Å². The molecule has 0 unspecified atom stereocenters. The van der Waals surface area contributed by atoms with Gasteiger partial charge in [-0.3, -0.25) is 0 Å². The molecule has 0 fully saturated rings. The Kier molecular flexibility index (Phi) is 8.19. The van der Waals surface area contributed by atoms with Crippen LogP contribution < -0.4 is 0 Å². The summed E-state index contributed by atoms with van der Waals surface area (Å²) in [6.07, 6.45) is 17.0. The molecular weight excluding hydrogens is 336 g/mol. The van der Waals surface area contributed by atoms with E-state index in [4.69, 9.17) is 0 Å². The second-order valence-corrected chi connectivity index (χ2v) is 8.72. The molecule has 1 aliphatic carbocycles. The number of fused-ring (bicyclic) bond motifs is 3. The van der Waals surface area contributed by atoms with Crippen LogP contribution in [0.15, 0.2) is 30.3 Å². The highest BCUT2D eigenvalue weighted by Gasteiger charge is 2.24. The highest BCUT2D eigenvalue weighted by molar-refractivity contribution is 5.79. The SMILES string of the molecule is CCCCCc1cc2c(c(CCCCC)c1CCCCC)Cc1ccccc1-2. The molecule has 0 atom stereocenters. The van der Waals surface area contributed by atoms with Crippen LogP contribution in [0.25, 0.3) is 11.1 Å². The van der Waals surface area contributed by atoms with E-state index in [0.717, 1.165) is 6.42 Å². The van der Waals surface area contributed by atoms with Crippen molar-refractivity contribution in [2.24, 2.45) is 0 Å². The molecule has 0 spiro atoms. The van der Waals surface area contributed by atoms with Crippen molar-refractivity contribution < 1.29 is 0 Å². The molecule has 1 aliphatic rings. The highest BCUT2D eigenvalue weighted by Crippen LogP contribution is 2.42. The fourth-order valence-corrected chi connectivity index (χ4v) is 4.96. The van der Waals surface area contributed by atoms with Crippen LogP contribution in [0.1, 0.15) is 106 Å². The summed E-state index contributed by atoms with van der Waals surface area (Å²) in [6.45, 7) is 6.96. The fourth-order valence-electron chi connectivity index (χ4n) is 4.96. The summed E-state index contributed by atoms with van der Waals surface area (Å²) in [5.74, 6) is 0. The van der Waals surface area contributed by atoms with Crippen molar-refractivity contribution in [2.45, 2.75) is 104 Å². The Morgan fingerprint density at radius 2 is 1.25 bits per heavy atom. The van der Waals surface area contributed by atoms with Gasteiger partial charge in [-0.1, -0.05) is 89.6 Å². The van der Waals surface area contributed by atoms with E-state index in [-0.39, 0.29) is 0 Å². The second kappa shape index (κ2) is 10.8. The number of benzene rings is 2. The molecule has 0 heteroatoms. The summed E-state index contributed by atoms with van der Waals surface area (Å²) in [7, 11) is 0. The molecule has 0 saturated heterocycles. The molecule has 0 amide bonds. The number of rotatable bonds is 12. The molecule has 0 heterocycles. The third-order valence-corrected chi connectivity index (χ3v) is 6.54. The molecule has 0 aromatic heterocycles. The average molecular weight is 377 g/mol. The van der Waals surface area contributed by atoms with Gasteiger partial charge in [-0.05, 0) is 83.9 Å². The molecule has 0 nitrogen and oxygen atoms in total. The average Bonchev–Trinajstić information content (AvgIpc) is 3.08. The van der Waals surface area contributed by atoms with Crippen LogP contribution in [0.5, 0.6) is 0 Å². The van der Waals surface area contributed by atoms with E-state index >= 15 is 0 Å². The molecule has 0 N–H and O–H groups in total. The Labute approximate surface area is 173 Å². The largest absolute Gasteiger partial charge is 0.0654 e. The van der Waals surface area contributed by atoms with Gasteiger partial charge in [0.1, 0.15) is 0 Å². The molecule has 0 bridgehead atoms. The van der Waals surface area contributed by atoms with Crippen molar-refractivity contribution in [1.29, 1.82) is 0 Å². The first kappa shape index (κ1) is 21.2. The zero-order chi connectivity index (χ0) is 19.8. The molecule has 0 saturated carbocycles. The summed E-state index contributed by atoms with van der Waals surface area (Å²) in [6, 6.07) is 11.7. The van der Waals surface area contributed by atoms with Gasteiger partial charge in [0.2, 0.25) is 0 Å². The standard InChI is InChI=1S/C28H40/c1-4-7-10-15-22-20-27-25-18-14-13-16-23(25)21-28(27)26(19-12-9-6-3)24(22)17-11-8-5-2/h13-14,16,18,20H,4-12,15,17,19,21H2,1-3H3. The Morgan fingerprint density at radius 1 is 0.643 bits per heavy atom. The van der Waals surface area contributed by atoms with E-state index in [1.807, 2.05) is 0 Å². The van der Waals surface area contributed by atoms with Crippen molar-refractivity contribution in [3.05, 3.63) is 58.1 Å². The van der Waals surface area contributed by atoms with Crippen molar-refractivity contribution in [1.82, 2.24) is 0 Å². The Bertz CT molecular complexity index is 753. The van der Waals surface area contributed by atoms with Crippen LogP contribution in [-0.4, -0.2) is 0 Å². The quantitative estimate of drug-likeness (QED) is 0.278. The van der Waals surface area contributed by atoms with Gasteiger partial charge in [0.15, 0.2) is 0 Å². The monoisotopic (exact) mass is 376 g/mol. The normalized spacial score (nSPS) is 12.2. The van der Waals surface area contributed by atoms with E-state index in [1.165, 1.54) is 82.6 Å². The van der Waals surface area contributed by atoms with Gasteiger partial charge in [0.05, 0.1) is 0 Å². The summed E-state index contributed by atoms with van der Waals surface area (Å²) in [4.78, 5) is 0.